The summed E-state index contributed by atoms with van der Waals surface area (Å²) >= 11 is 5.20. The number of carbonyl (C=O) groups is 1. The summed E-state index contributed by atoms with van der Waals surface area (Å²) in [5.74, 6) is 0. The van der Waals surface area contributed by atoms with E-state index in [1.54, 1.807) is 0 Å². The Labute approximate surface area is 80.0 Å². The van der Waals surface area contributed by atoms with Crippen molar-refractivity contribution in [1.82, 2.24) is 0 Å². The molecule has 0 heterocycles. The van der Waals surface area contributed by atoms with Crippen molar-refractivity contribution in [3.63, 3.8) is 0 Å². The number of hydrogen-bond acceptors (Lipinski definition) is 3. The summed E-state index contributed by atoms with van der Waals surface area (Å²) < 4.78 is 0. The Morgan fingerprint density at radius 3 is 2.69 bits per heavy atom. The fraction of sp³-hybridized carbons (Fsp3) is 0.375. The molecule has 0 aromatic rings. The zero-order valence-corrected chi connectivity index (χ0v) is 7.75. The molecule has 1 unspecified atom stereocenters. The fourth-order valence-electron chi connectivity index (χ4n) is 1.00. The summed E-state index contributed by atoms with van der Waals surface area (Å²) in [4.78, 5) is 20.8. The van der Waals surface area contributed by atoms with Crippen molar-refractivity contribution in [2.45, 2.75) is 18.9 Å². The van der Waals surface area contributed by atoms with Crippen LogP contribution in [0.3, 0.4) is 0 Å². The molecule has 0 aromatic heterocycles. The Morgan fingerprint density at radius 1 is 1.77 bits per heavy atom. The molecule has 4 nitrogen and oxygen atoms in total. The second-order valence-electron chi connectivity index (χ2n) is 3.08. The SMILES string of the molecule is CC1([N+](=O)[O-])C=CC(C(=O)Cl)=CC1. The third-order valence-corrected chi connectivity index (χ3v) is 2.22. The van der Waals surface area contributed by atoms with Crippen LogP contribution >= 0.6 is 11.6 Å². The van der Waals surface area contributed by atoms with Crippen LogP contribution in [-0.4, -0.2) is 15.7 Å². The van der Waals surface area contributed by atoms with Crippen molar-refractivity contribution < 1.29 is 9.72 Å². The highest BCUT2D eigenvalue weighted by molar-refractivity contribution is 6.68. The van der Waals surface area contributed by atoms with E-state index < -0.39 is 10.8 Å². The number of nitrogens with zero attached hydrogens (tertiary/aromatic N) is 1. The van der Waals surface area contributed by atoms with E-state index in [9.17, 15) is 14.9 Å². The predicted octanol–water partition coefficient (Wildman–Crippen LogP) is 1.67. The molecule has 0 N–H and O–H groups in total. The van der Waals surface area contributed by atoms with E-state index in [1.807, 2.05) is 0 Å². The van der Waals surface area contributed by atoms with Crippen molar-refractivity contribution in [2.24, 2.45) is 0 Å². The molecular formula is C8H8ClNO3. The smallest absolute Gasteiger partial charge is 0.252 e. The van der Waals surface area contributed by atoms with E-state index in [0.29, 0.717) is 5.57 Å². The van der Waals surface area contributed by atoms with E-state index in [1.165, 1.54) is 25.2 Å². The van der Waals surface area contributed by atoms with E-state index in [0.717, 1.165) is 0 Å². The van der Waals surface area contributed by atoms with Gasteiger partial charge in [0.25, 0.3) is 5.24 Å². The van der Waals surface area contributed by atoms with Gasteiger partial charge in [0, 0.05) is 23.8 Å². The van der Waals surface area contributed by atoms with Gasteiger partial charge in [0.15, 0.2) is 0 Å². The van der Waals surface area contributed by atoms with Crippen LogP contribution in [0.25, 0.3) is 0 Å². The van der Waals surface area contributed by atoms with E-state index >= 15 is 0 Å². The van der Waals surface area contributed by atoms with Crippen LogP contribution in [0.15, 0.2) is 23.8 Å². The lowest BCUT2D eigenvalue weighted by molar-refractivity contribution is -0.549. The highest BCUT2D eigenvalue weighted by Crippen LogP contribution is 2.24. The number of halogens is 1. The average Bonchev–Trinajstić information content (AvgIpc) is 2.04. The molecule has 1 aliphatic rings. The van der Waals surface area contributed by atoms with Gasteiger partial charge in [-0.2, -0.15) is 0 Å². The quantitative estimate of drug-likeness (QED) is 0.388. The summed E-state index contributed by atoms with van der Waals surface area (Å²) in [5.41, 5.74) is -0.781. The first-order valence-corrected chi connectivity index (χ1v) is 4.07. The Bertz CT molecular complexity index is 321. The minimum absolute atomic E-state index is 0.199. The molecule has 5 heteroatoms. The highest BCUT2D eigenvalue weighted by Gasteiger charge is 2.35. The van der Waals surface area contributed by atoms with E-state index in [-0.39, 0.29) is 11.3 Å². The van der Waals surface area contributed by atoms with Gasteiger partial charge in [-0.05, 0) is 23.8 Å². The van der Waals surface area contributed by atoms with Crippen molar-refractivity contribution in [3.05, 3.63) is 33.9 Å². The van der Waals surface area contributed by atoms with Gasteiger partial charge in [0.1, 0.15) is 0 Å². The second kappa shape index (κ2) is 3.30. The van der Waals surface area contributed by atoms with Gasteiger partial charge in [-0.15, -0.1) is 0 Å². The summed E-state index contributed by atoms with van der Waals surface area (Å²) in [6.07, 6.45) is 4.46. The van der Waals surface area contributed by atoms with Crippen LogP contribution in [0.4, 0.5) is 0 Å². The standard InChI is InChI=1S/C8H8ClNO3/c1-8(10(12)13)4-2-6(3-5-8)7(9)11/h2-4H,5H2,1H3. The maximum atomic E-state index is 10.7. The van der Waals surface area contributed by atoms with Gasteiger partial charge in [-0.25, -0.2) is 0 Å². The summed E-state index contributed by atoms with van der Waals surface area (Å²) in [6, 6.07) is 0. The van der Waals surface area contributed by atoms with Crippen molar-refractivity contribution >= 4 is 16.8 Å². The lowest BCUT2D eigenvalue weighted by Gasteiger charge is -2.18. The molecule has 0 radical (unpaired) electrons. The maximum absolute atomic E-state index is 10.7. The minimum Gasteiger partial charge on any atom is -0.276 e. The Balaban J connectivity index is 2.85. The van der Waals surface area contributed by atoms with Gasteiger partial charge in [-0.1, -0.05) is 6.08 Å². The second-order valence-corrected chi connectivity index (χ2v) is 3.43. The number of carbonyl (C=O) groups excluding carboxylic acids is 1. The van der Waals surface area contributed by atoms with Crippen LogP contribution in [0, 0.1) is 10.1 Å². The molecule has 1 rings (SSSR count). The molecule has 1 aliphatic carbocycles. The molecule has 0 amide bonds. The van der Waals surface area contributed by atoms with Crippen LogP contribution in [-0.2, 0) is 4.79 Å². The minimum atomic E-state index is -1.10. The lowest BCUT2D eigenvalue weighted by atomic mass is 9.92. The highest BCUT2D eigenvalue weighted by atomic mass is 35.5. The Morgan fingerprint density at radius 2 is 2.38 bits per heavy atom. The Hall–Kier alpha value is -1.16. The first kappa shape index (κ1) is 9.92. The van der Waals surface area contributed by atoms with Crippen molar-refractivity contribution in [1.29, 1.82) is 0 Å². The molecule has 0 spiro atoms. The topological polar surface area (TPSA) is 60.2 Å². The largest absolute Gasteiger partial charge is 0.276 e. The third-order valence-electron chi connectivity index (χ3n) is 2.00. The van der Waals surface area contributed by atoms with Crippen molar-refractivity contribution in [3.8, 4) is 0 Å². The van der Waals surface area contributed by atoms with Crippen LogP contribution in [0.5, 0.6) is 0 Å². The van der Waals surface area contributed by atoms with E-state index in [4.69, 9.17) is 11.6 Å². The number of hydrogen-bond donors (Lipinski definition) is 0. The van der Waals surface area contributed by atoms with Crippen molar-refractivity contribution in [2.75, 3.05) is 0 Å². The lowest BCUT2D eigenvalue weighted by Crippen LogP contribution is -2.33. The summed E-state index contributed by atoms with van der Waals surface area (Å²) in [7, 11) is 0. The number of rotatable bonds is 2. The number of nitro groups is 1. The normalized spacial score (nSPS) is 26.8. The maximum Gasteiger partial charge on any atom is 0.252 e. The molecule has 0 saturated heterocycles. The van der Waals surface area contributed by atoms with Gasteiger partial charge < -0.3 is 0 Å². The molecular weight excluding hydrogens is 194 g/mol. The third kappa shape index (κ3) is 1.95. The number of allylic oxidation sites excluding steroid dienone is 2. The Kier molecular flexibility index (Phi) is 2.52. The average molecular weight is 202 g/mol. The molecule has 0 aromatic carbocycles. The molecule has 70 valence electrons. The van der Waals surface area contributed by atoms with Gasteiger partial charge in [-0.3, -0.25) is 14.9 Å². The zero-order chi connectivity index (χ0) is 10.1. The molecule has 13 heavy (non-hydrogen) atoms. The molecule has 1 atom stereocenters. The molecule has 0 bridgehead atoms. The summed E-state index contributed by atoms with van der Waals surface area (Å²) in [5, 5.41) is 9.98. The van der Waals surface area contributed by atoms with Crippen LogP contribution in [0.1, 0.15) is 13.3 Å². The fourth-order valence-corrected chi connectivity index (χ4v) is 1.14. The first-order chi connectivity index (χ1) is 5.96. The summed E-state index contributed by atoms with van der Waals surface area (Å²) in [6.45, 7) is 1.50. The zero-order valence-electron chi connectivity index (χ0n) is 6.99. The van der Waals surface area contributed by atoms with Crippen LogP contribution in [0.2, 0.25) is 0 Å². The molecule has 0 saturated carbocycles. The van der Waals surface area contributed by atoms with Gasteiger partial charge in [0.05, 0.1) is 0 Å². The van der Waals surface area contributed by atoms with E-state index in [2.05, 4.69) is 0 Å². The monoisotopic (exact) mass is 201 g/mol. The van der Waals surface area contributed by atoms with Crippen LogP contribution < -0.4 is 0 Å². The molecule has 0 fully saturated rings. The van der Waals surface area contributed by atoms with Gasteiger partial charge in [0.2, 0.25) is 5.54 Å². The first-order valence-electron chi connectivity index (χ1n) is 3.69. The predicted molar refractivity (Wildman–Crippen MR) is 48.1 cm³/mol. The molecule has 0 aliphatic heterocycles. The van der Waals surface area contributed by atoms with Gasteiger partial charge >= 0.3 is 0 Å².